The fourth-order valence-electron chi connectivity index (χ4n) is 1.06. The van der Waals surface area contributed by atoms with Gasteiger partial charge >= 0.3 is 5.97 Å². The molecule has 0 aromatic heterocycles. The molecule has 1 saturated heterocycles. The van der Waals surface area contributed by atoms with Crippen molar-refractivity contribution in [2.24, 2.45) is 5.92 Å². The van der Waals surface area contributed by atoms with Crippen LogP contribution in [0.1, 0.15) is 6.42 Å². The van der Waals surface area contributed by atoms with Gasteiger partial charge in [-0.1, -0.05) is 0 Å². The molecule has 1 fully saturated rings. The standard InChI is InChI=1S/C8H10O5/c1-12-3-2-6(9)5-4-13-8(11)7(5)10/h5H,2-4H2,1H3. The Morgan fingerprint density at radius 3 is 2.77 bits per heavy atom. The number of hydrogen-bond acceptors (Lipinski definition) is 5. The van der Waals surface area contributed by atoms with Gasteiger partial charge in [0.25, 0.3) is 5.78 Å². The second kappa shape index (κ2) is 4.13. The first kappa shape index (κ1) is 9.85. The molecule has 0 aromatic rings. The number of methoxy groups -OCH3 is 1. The largest absolute Gasteiger partial charge is 0.459 e. The molecule has 1 aliphatic heterocycles. The van der Waals surface area contributed by atoms with E-state index in [4.69, 9.17) is 0 Å². The Labute approximate surface area is 75.0 Å². The zero-order valence-corrected chi connectivity index (χ0v) is 7.24. The second-order valence-corrected chi connectivity index (χ2v) is 2.72. The first-order valence-electron chi connectivity index (χ1n) is 3.89. The van der Waals surface area contributed by atoms with Gasteiger partial charge < -0.3 is 9.47 Å². The quantitative estimate of drug-likeness (QED) is 0.331. The molecule has 1 aliphatic rings. The molecule has 0 aromatic carbocycles. The van der Waals surface area contributed by atoms with Crippen molar-refractivity contribution >= 4 is 17.5 Å². The number of ketones is 2. The Balaban J connectivity index is 2.48. The highest BCUT2D eigenvalue weighted by atomic mass is 16.5. The van der Waals surface area contributed by atoms with Gasteiger partial charge in [0, 0.05) is 13.5 Å². The molecule has 72 valence electrons. The van der Waals surface area contributed by atoms with E-state index in [0.717, 1.165) is 0 Å². The lowest BCUT2D eigenvalue weighted by atomic mass is 10.0. The third-order valence-corrected chi connectivity index (χ3v) is 1.84. The summed E-state index contributed by atoms with van der Waals surface area (Å²) < 4.78 is 9.10. The molecule has 5 heteroatoms. The van der Waals surface area contributed by atoms with Crippen molar-refractivity contribution < 1.29 is 23.9 Å². The molecule has 1 heterocycles. The van der Waals surface area contributed by atoms with Gasteiger partial charge in [-0.25, -0.2) is 4.79 Å². The van der Waals surface area contributed by atoms with Gasteiger partial charge in [0.2, 0.25) is 0 Å². The van der Waals surface area contributed by atoms with Crippen molar-refractivity contribution in [1.29, 1.82) is 0 Å². The Hall–Kier alpha value is -1.23. The minimum Gasteiger partial charge on any atom is -0.459 e. The van der Waals surface area contributed by atoms with Crippen molar-refractivity contribution in [3.8, 4) is 0 Å². The molecule has 0 amide bonds. The smallest absolute Gasteiger partial charge is 0.375 e. The summed E-state index contributed by atoms with van der Waals surface area (Å²) >= 11 is 0. The van der Waals surface area contributed by atoms with E-state index < -0.39 is 17.7 Å². The lowest BCUT2D eigenvalue weighted by Gasteiger charge is -2.02. The molecule has 1 rings (SSSR count). The zero-order valence-electron chi connectivity index (χ0n) is 7.24. The Morgan fingerprint density at radius 1 is 1.62 bits per heavy atom. The van der Waals surface area contributed by atoms with Gasteiger partial charge in [0.15, 0.2) is 0 Å². The average molecular weight is 186 g/mol. The van der Waals surface area contributed by atoms with Crippen LogP contribution in [0.3, 0.4) is 0 Å². The second-order valence-electron chi connectivity index (χ2n) is 2.72. The molecule has 0 N–H and O–H groups in total. The fourth-order valence-corrected chi connectivity index (χ4v) is 1.06. The lowest BCUT2D eigenvalue weighted by molar-refractivity contribution is -0.147. The molecular weight excluding hydrogens is 176 g/mol. The van der Waals surface area contributed by atoms with Crippen LogP contribution in [0.25, 0.3) is 0 Å². The summed E-state index contributed by atoms with van der Waals surface area (Å²) in [6.07, 6.45) is 0.142. The normalized spacial score (nSPS) is 21.8. The maximum Gasteiger partial charge on any atom is 0.375 e. The zero-order chi connectivity index (χ0) is 9.84. The van der Waals surface area contributed by atoms with E-state index in [1.54, 1.807) is 0 Å². The summed E-state index contributed by atoms with van der Waals surface area (Å²) in [5.74, 6) is -2.84. The minimum absolute atomic E-state index is 0.111. The van der Waals surface area contributed by atoms with Crippen LogP contribution < -0.4 is 0 Å². The molecule has 1 unspecified atom stereocenters. The summed E-state index contributed by atoms with van der Waals surface area (Å²) in [5.41, 5.74) is 0. The van der Waals surface area contributed by atoms with E-state index in [-0.39, 0.29) is 25.4 Å². The summed E-state index contributed by atoms with van der Waals surface area (Å²) in [5, 5.41) is 0. The summed E-state index contributed by atoms with van der Waals surface area (Å²) in [7, 11) is 1.46. The van der Waals surface area contributed by atoms with Crippen LogP contribution in [-0.2, 0) is 23.9 Å². The Kier molecular flexibility index (Phi) is 3.13. The molecule has 5 nitrogen and oxygen atoms in total. The van der Waals surface area contributed by atoms with Crippen molar-refractivity contribution in [2.45, 2.75) is 6.42 Å². The van der Waals surface area contributed by atoms with E-state index in [1.165, 1.54) is 7.11 Å². The number of ether oxygens (including phenoxy) is 2. The number of hydrogen-bond donors (Lipinski definition) is 0. The van der Waals surface area contributed by atoms with E-state index in [0.29, 0.717) is 0 Å². The van der Waals surface area contributed by atoms with Crippen molar-refractivity contribution in [1.82, 2.24) is 0 Å². The van der Waals surface area contributed by atoms with E-state index >= 15 is 0 Å². The van der Waals surface area contributed by atoms with Crippen LogP contribution in [0.15, 0.2) is 0 Å². The Morgan fingerprint density at radius 2 is 2.31 bits per heavy atom. The number of esters is 1. The van der Waals surface area contributed by atoms with Crippen LogP contribution >= 0.6 is 0 Å². The van der Waals surface area contributed by atoms with Gasteiger partial charge in [-0.2, -0.15) is 0 Å². The van der Waals surface area contributed by atoms with Gasteiger partial charge in [0.1, 0.15) is 18.3 Å². The molecular formula is C8H10O5. The fraction of sp³-hybridized carbons (Fsp3) is 0.625. The molecule has 13 heavy (non-hydrogen) atoms. The minimum atomic E-state index is -0.907. The lowest BCUT2D eigenvalue weighted by Crippen LogP contribution is -2.24. The van der Waals surface area contributed by atoms with Crippen molar-refractivity contribution in [2.75, 3.05) is 20.3 Å². The van der Waals surface area contributed by atoms with Crippen LogP contribution in [-0.4, -0.2) is 37.9 Å². The predicted molar refractivity (Wildman–Crippen MR) is 41.0 cm³/mol. The van der Waals surface area contributed by atoms with E-state index in [2.05, 4.69) is 9.47 Å². The molecule has 1 atom stereocenters. The molecule has 0 aliphatic carbocycles. The Bertz CT molecular complexity index is 245. The predicted octanol–water partition coefficient (Wildman–Crippen LogP) is -0.666. The van der Waals surface area contributed by atoms with Crippen molar-refractivity contribution in [3.63, 3.8) is 0 Å². The third-order valence-electron chi connectivity index (χ3n) is 1.84. The van der Waals surface area contributed by atoms with E-state index in [1.807, 2.05) is 0 Å². The number of cyclic esters (lactones) is 1. The average Bonchev–Trinajstić information content (AvgIpc) is 2.44. The summed E-state index contributed by atoms with van der Waals surface area (Å²) in [4.78, 5) is 32.8. The highest BCUT2D eigenvalue weighted by Gasteiger charge is 2.39. The number of carbonyl (C=O) groups excluding carboxylic acids is 3. The maximum absolute atomic E-state index is 11.2. The number of rotatable bonds is 4. The molecule has 0 spiro atoms. The summed E-state index contributed by atoms with van der Waals surface area (Å²) in [6, 6.07) is 0. The van der Waals surface area contributed by atoms with Crippen LogP contribution in [0, 0.1) is 5.92 Å². The highest BCUT2D eigenvalue weighted by molar-refractivity contribution is 6.40. The summed E-state index contributed by atoms with van der Waals surface area (Å²) in [6.45, 7) is 0.150. The van der Waals surface area contributed by atoms with Gasteiger partial charge in [0.05, 0.1) is 6.61 Å². The van der Waals surface area contributed by atoms with Gasteiger partial charge in [-0.05, 0) is 0 Å². The SMILES string of the molecule is COCCC(=O)C1COC(=O)C1=O. The monoisotopic (exact) mass is 186 g/mol. The first-order chi connectivity index (χ1) is 6.16. The topological polar surface area (TPSA) is 69.7 Å². The molecule has 0 saturated carbocycles. The molecule has 0 bridgehead atoms. The van der Waals surface area contributed by atoms with Crippen LogP contribution in [0.2, 0.25) is 0 Å². The number of Topliss-reactive ketones (excluding diaryl/α,β-unsaturated/α-hetero) is 2. The third kappa shape index (κ3) is 2.12. The highest BCUT2D eigenvalue weighted by Crippen LogP contribution is 2.12. The first-order valence-corrected chi connectivity index (χ1v) is 3.89. The molecule has 0 radical (unpaired) electrons. The van der Waals surface area contributed by atoms with Crippen LogP contribution in [0.4, 0.5) is 0 Å². The number of carbonyl (C=O) groups is 3. The van der Waals surface area contributed by atoms with Gasteiger partial charge in [-0.15, -0.1) is 0 Å². The van der Waals surface area contributed by atoms with Crippen LogP contribution in [0.5, 0.6) is 0 Å². The van der Waals surface area contributed by atoms with Gasteiger partial charge in [-0.3, -0.25) is 9.59 Å². The maximum atomic E-state index is 11.2. The van der Waals surface area contributed by atoms with E-state index in [9.17, 15) is 14.4 Å². The van der Waals surface area contributed by atoms with Crippen molar-refractivity contribution in [3.05, 3.63) is 0 Å².